The first-order valence-electron chi connectivity index (χ1n) is 7.60. The lowest BCUT2D eigenvalue weighted by Crippen LogP contribution is -2.58. The monoisotopic (exact) mass is 258 g/mol. The van der Waals surface area contributed by atoms with Gasteiger partial charge in [-0.2, -0.15) is 0 Å². The van der Waals surface area contributed by atoms with Gasteiger partial charge in [-0.05, 0) is 68.4 Å². The van der Waals surface area contributed by atoms with Gasteiger partial charge in [0, 0.05) is 12.1 Å². The third kappa shape index (κ3) is 2.14. The number of nitrogens with one attached hydrogen (secondary N) is 1. The Morgan fingerprint density at radius 2 is 1.74 bits per heavy atom. The van der Waals surface area contributed by atoms with E-state index in [0.717, 1.165) is 30.0 Å². The van der Waals surface area contributed by atoms with Gasteiger partial charge in [0.25, 0.3) is 0 Å². The second-order valence-corrected chi connectivity index (χ2v) is 7.06. The van der Waals surface area contributed by atoms with Crippen molar-refractivity contribution in [3.05, 3.63) is 24.0 Å². The Morgan fingerprint density at radius 1 is 1.11 bits per heavy atom. The van der Waals surface area contributed by atoms with E-state index in [1.54, 1.807) is 6.07 Å². The molecule has 0 aliphatic heterocycles. The third-order valence-electron chi connectivity index (χ3n) is 5.49. The van der Waals surface area contributed by atoms with E-state index >= 15 is 0 Å². The minimum atomic E-state index is 0.249. The van der Waals surface area contributed by atoms with Crippen molar-refractivity contribution in [2.24, 2.45) is 17.8 Å². The van der Waals surface area contributed by atoms with Gasteiger partial charge in [0.2, 0.25) is 0 Å². The third-order valence-corrected chi connectivity index (χ3v) is 5.49. The maximum atomic E-state index is 9.27. The Bertz CT molecular complexity index is 433. The van der Waals surface area contributed by atoms with Crippen molar-refractivity contribution in [3.63, 3.8) is 0 Å². The van der Waals surface area contributed by atoms with Crippen molar-refractivity contribution in [1.82, 2.24) is 10.3 Å². The molecule has 102 valence electrons. The van der Waals surface area contributed by atoms with Crippen molar-refractivity contribution in [1.29, 1.82) is 0 Å². The number of pyridine rings is 1. The summed E-state index contributed by atoms with van der Waals surface area (Å²) in [6.45, 7) is 0.840. The second kappa shape index (κ2) is 4.20. The molecule has 0 radical (unpaired) electrons. The fraction of sp³-hybridized carbons (Fsp3) is 0.688. The molecule has 4 aliphatic rings. The van der Waals surface area contributed by atoms with Gasteiger partial charge in [0.1, 0.15) is 5.75 Å². The van der Waals surface area contributed by atoms with Crippen LogP contribution < -0.4 is 5.32 Å². The van der Waals surface area contributed by atoms with E-state index in [1.807, 2.05) is 6.07 Å². The van der Waals surface area contributed by atoms with E-state index in [1.165, 1.54) is 44.7 Å². The number of aromatic nitrogens is 1. The molecule has 0 atom stereocenters. The molecule has 0 amide bonds. The van der Waals surface area contributed by atoms with Crippen LogP contribution in [0.25, 0.3) is 0 Å². The summed E-state index contributed by atoms with van der Waals surface area (Å²) >= 11 is 0. The summed E-state index contributed by atoms with van der Waals surface area (Å²) in [6, 6.07) is 3.65. The Morgan fingerprint density at radius 3 is 2.26 bits per heavy atom. The molecule has 3 nitrogen and oxygen atoms in total. The van der Waals surface area contributed by atoms with Crippen molar-refractivity contribution >= 4 is 0 Å². The SMILES string of the molecule is Oc1ccc(CNC23CC4CC(CC(C4)C2)C3)nc1. The van der Waals surface area contributed by atoms with E-state index in [4.69, 9.17) is 0 Å². The highest BCUT2D eigenvalue weighted by atomic mass is 16.3. The van der Waals surface area contributed by atoms with Crippen LogP contribution in [0, 0.1) is 17.8 Å². The summed E-state index contributed by atoms with van der Waals surface area (Å²) < 4.78 is 0. The van der Waals surface area contributed by atoms with Crippen LogP contribution in [-0.4, -0.2) is 15.6 Å². The minimum absolute atomic E-state index is 0.249. The van der Waals surface area contributed by atoms with E-state index in [0.29, 0.717) is 5.54 Å². The molecule has 5 rings (SSSR count). The zero-order valence-electron chi connectivity index (χ0n) is 11.3. The van der Waals surface area contributed by atoms with E-state index in [9.17, 15) is 5.11 Å². The van der Waals surface area contributed by atoms with E-state index in [-0.39, 0.29) is 5.75 Å². The first-order valence-corrected chi connectivity index (χ1v) is 7.60. The number of nitrogens with zero attached hydrogens (tertiary/aromatic N) is 1. The van der Waals surface area contributed by atoms with Gasteiger partial charge in [-0.25, -0.2) is 0 Å². The molecule has 4 fully saturated rings. The van der Waals surface area contributed by atoms with Crippen molar-refractivity contribution in [3.8, 4) is 5.75 Å². The topological polar surface area (TPSA) is 45.1 Å². The van der Waals surface area contributed by atoms with Crippen LogP contribution in [0.2, 0.25) is 0 Å². The molecule has 1 aromatic heterocycles. The smallest absolute Gasteiger partial charge is 0.133 e. The Labute approximate surface area is 114 Å². The first kappa shape index (κ1) is 11.7. The second-order valence-electron chi connectivity index (χ2n) is 7.06. The predicted molar refractivity (Wildman–Crippen MR) is 73.6 cm³/mol. The average molecular weight is 258 g/mol. The number of hydrogen-bond acceptors (Lipinski definition) is 3. The summed E-state index contributed by atoms with van der Waals surface area (Å²) in [5.74, 6) is 3.18. The summed E-state index contributed by atoms with van der Waals surface area (Å²) in [5, 5.41) is 13.1. The van der Waals surface area contributed by atoms with Gasteiger partial charge in [0.15, 0.2) is 0 Å². The lowest BCUT2D eigenvalue weighted by molar-refractivity contribution is -0.0207. The van der Waals surface area contributed by atoms with Crippen molar-refractivity contribution in [2.45, 2.75) is 50.6 Å². The van der Waals surface area contributed by atoms with Crippen LogP contribution >= 0.6 is 0 Å². The fourth-order valence-electron chi connectivity index (χ4n) is 5.13. The van der Waals surface area contributed by atoms with Gasteiger partial charge < -0.3 is 10.4 Å². The molecule has 4 saturated carbocycles. The van der Waals surface area contributed by atoms with Gasteiger partial charge in [-0.15, -0.1) is 0 Å². The quantitative estimate of drug-likeness (QED) is 0.876. The Balaban J connectivity index is 1.46. The standard InChI is InChI=1S/C16H22N2O/c19-15-2-1-14(17-10-15)9-18-16-6-11-3-12(7-16)5-13(4-11)8-16/h1-2,10-13,18-19H,3-9H2. The molecule has 1 heterocycles. The van der Waals surface area contributed by atoms with Crippen molar-refractivity contribution in [2.75, 3.05) is 0 Å². The van der Waals surface area contributed by atoms with Crippen molar-refractivity contribution < 1.29 is 5.11 Å². The highest BCUT2D eigenvalue weighted by Crippen LogP contribution is 2.55. The maximum Gasteiger partial charge on any atom is 0.133 e. The zero-order valence-corrected chi connectivity index (χ0v) is 11.3. The van der Waals surface area contributed by atoms with Gasteiger partial charge in [-0.3, -0.25) is 4.98 Å². The highest BCUT2D eigenvalue weighted by molar-refractivity contribution is 5.18. The minimum Gasteiger partial charge on any atom is -0.506 e. The normalized spacial score (nSPS) is 39.7. The van der Waals surface area contributed by atoms with Crippen LogP contribution in [-0.2, 0) is 6.54 Å². The number of aromatic hydroxyl groups is 1. The molecule has 0 saturated heterocycles. The summed E-state index contributed by atoms with van der Waals surface area (Å²) in [6.07, 6.45) is 10.1. The highest BCUT2D eigenvalue weighted by Gasteiger charge is 2.50. The molecule has 2 N–H and O–H groups in total. The fourth-order valence-corrected chi connectivity index (χ4v) is 5.13. The Hall–Kier alpha value is -1.09. The largest absolute Gasteiger partial charge is 0.506 e. The molecular weight excluding hydrogens is 236 g/mol. The molecule has 0 spiro atoms. The molecule has 1 aromatic rings. The van der Waals surface area contributed by atoms with E-state index in [2.05, 4.69) is 10.3 Å². The van der Waals surface area contributed by atoms with Crippen LogP contribution in [0.5, 0.6) is 5.75 Å². The lowest BCUT2D eigenvalue weighted by Gasteiger charge is -2.57. The van der Waals surface area contributed by atoms with Gasteiger partial charge in [0.05, 0.1) is 11.9 Å². The van der Waals surface area contributed by atoms with Crippen LogP contribution in [0.3, 0.4) is 0 Å². The number of hydrogen-bond donors (Lipinski definition) is 2. The molecule has 0 unspecified atom stereocenters. The Kier molecular flexibility index (Phi) is 2.59. The summed E-state index contributed by atoms with van der Waals surface area (Å²) in [4.78, 5) is 4.28. The van der Waals surface area contributed by atoms with Gasteiger partial charge >= 0.3 is 0 Å². The predicted octanol–water partition coefficient (Wildman–Crippen LogP) is 2.85. The van der Waals surface area contributed by atoms with E-state index < -0.39 is 0 Å². The summed E-state index contributed by atoms with van der Waals surface area (Å²) in [7, 11) is 0. The molecule has 3 heteroatoms. The molecule has 4 aliphatic carbocycles. The molecule has 0 aromatic carbocycles. The summed E-state index contributed by atoms with van der Waals surface area (Å²) in [5.41, 5.74) is 1.43. The van der Waals surface area contributed by atoms with Crippen LogP contribution in [0.1, 0.15) is 44.2 Å². The average Bonchev–Trinajstić information content (AvgIpc) is 2.36. The first-order chi connectivity index (χ1) is 9.21. The maximum absolute atomic E-state index is 9.27. The van der Waals surface area contributed by atoms with Crippen LogP contribution in [0.15, 0.2) is 18.3 Å². The zero-order chi connectivity index (χ0) is 12.9. The molecular formula is C16H22N2O. The van der Waals surface area contributed by atoms with Crippen LogP contribution in [0.4, 0.5) is 0 Å². The number of rotatable bonds is 3. The molecule has 4 bridgehead atoms. The van der Waals surface area contributed by atoms with Gasteiger partial charge in [-0.1, -0.05) is 0 Å². The lowest BCUT2D eigenvalue weighted by atomic mass is 9.53. The molecule has 19 heavy (non-hydrogen) atoms.